The van der Waals surface area contributed by atoms with E-state index in [1.54, 1.807) is 11.9 Å². The van der Waals surface area contributed by atoms with Crippen molar-refractivity contribution >= 4 is 36.0 Å². The van der Waals surface area contributed by atoms with E-state index in [1.165, 1.54) is 4.90 Å². The number of hydrogen-bond donors (Lipinski definition) is 2. The van der Waals surface area contributed by atoms with Crippen LogP contribution in [-0.2, 0) is 11.2 Å². The van der Waals surface area contributed by atoms with Crippen LogP contribution in [0.1, 0.15) is 16.7 Å². The molecule has 1 atom stereocenters. The predicted molar refractivity (Wildman–Crippen MR) is 135 cm³/mol. The van der Waals surface area contributed by atoms with Crippen molar-refractivity contribution in [1.29, 1.82) is 0 Å². The molecule has 0 aromatic heterocycles. The summed E-state index contributed by atoms with van der Waals surface area (Å²) in [6.45, 7) is 0.444. The van der Waals surface area contributed by atoms with Gasteiger partial charge in [0.2, 0.25) is 6.17 Å². The van der Waals surface area contributed by atoms with Crippen molar-refractivity contribution in [2.75, 3.05) is 24.4 Å². The van der Waals surface area contributed by atoms with Gasteiger partial charge in [0.15, 0.2) is 0 Å². The molecule has 0 radical (unpaired) electrons. The average molecular weight is 459 g/mol. The molecule has 1 N–H and O–H groups in total. The number of carbonyl (C=O) groups is 2. The van der Waals surface area contributed by atoms with Crippen LogP contribution in [0.2, 0.25) is 0 Å². The summed E-state index contributed by atoms with van der Waals surface area (Å²) < 4.78 is 0. The standard InChI is InChI=1S/C26H26N4O2S/c1-29-22-15-9-8-14-21(22)23(20-12-6-3-7-13-20)28-24(25(29)31)30(18-33)26(32)27-17-16-19-10-4-2-5-11-19/h2-15,24,33H,16-18H2,1H3,(H,27,32). The van der Waals surface area contributed by atoms with E-state index in [1.807, 2.05) is 84.9 Å². The van der Waals surface area contributed by atoms with E-state index < -0.39 is 6.17 Å². The maximum Gasteiger partial charge on any atom is 0.320 e. The molecule has 0 spiro atoms. The first-order chi connectivity index (χ1) is 16.1. The number of nitrogens with zero attached hydrogens (tertiary/aromatic N) is 3. The van der Waals surface area contributed by atoms with Gasteiger partial charge in [0.1, 0.15) is 0 Å². The second-order valence-electron chi connectivity index (χ2n) is 7.71. The third-order valence-electron chi connectivity index (χ3n) is 5.61. The molecule has 1 unspecified atom stereocenters. The lowest BCUT2D eigenvalue weighted by atomic mass is 10.0. The second-order valence-corrected chi connectivity index (χ2v) is 7.99. The highest BCUT2D eigenvalue weighted by Gasteiger charge is 2.35. The van der Waals surface area contributed by atoms with E-state index in [-0.39, 0.29) is 17.8 Å². The first kappa shape index (κ1) is 22.6. The van der Waals surface area contributed by atoms with Crippen LogP contribution in [0, 0.1) is 0 Å². The first-order valence-corrected chi connectivity index (χ1v) is 11.4. The van der Waals surface area contributed by atoms with E-state index >= 15 is 0 Å². The monoisotopic (exact) mass is 458 g/mol. The van der Waals surface area contributed by atoms with Gasteiger partial charge in [0.25, 0.3) is 5.91 Å². The highest BCUT2D eigenvalue weighted by molar-refractivity contribution is 7.80. The lowest BCUT2D eigenvalue weighted by Crippen LogP contribution is -2.52. The molecule has 3 aromatic carbocycles. The van der Waals surface area contributed by atoms with Crippen molar-refractivity contribution in [2.24, 2.45) is 4.99 Å². The van der Waals surface area contributed by atoms with Gasteiger partial charge in [-0.2, -0.15) is 12.6 Å². The maximum atomic E-state index is 13.4. The number of nitrogens with one attached hydrogen (secondary N) is 1. The van der Waals surface area contributed by atoms with Crippen LogP contribution in [0.15, 0.2) is 89.9 Å². The van der Waals surface area contributed by atoms with Gasteiger partial charge in [0, 0.05) is 24.7 Å². The Morgan fingerprint density at radius 1 is 1.00 bits per heavy atom. The summed E-state index contributed by atoms with van der Waals surface area (Å²) in [5, 5.41) is 2.91. The number of fused-ring (bicyclic) bond motifs is 1. The normalized spacial score (nSPS) is 15.3. The van der Waals surface area contributed by atoms with Crippen LogP contribution >= 0.6 is 12.6 Å². The number of carbonyl (C=O) groups excluding carboxylic acids is 2. The van der Waals surface area contributed by atoms with Crippen LogP contribution in [0.3, 0.4) is 0 Å². The number of anilines is 1. The summed E-state index contributed by atoms with van der Waals surface area (Å²) in [5.74, 6) is -0.246. The first-order valence-electron chi connectivity index (χ1n) is 10.8. The number of aliphatic imine (C=N–C) groups is 1. The van der Waals surface area contributed by atoms with E-state index in [0.717, 1.165) is 22.4 Å². The molecule has 3 amide bonds. The van der Waals surface area contributed by atoms with Gasteiger partial charge in [-0.3, -0.25) is 9.69 Å². The largest absolute Gasteiger partial charge is 0.338 e. The van der Waals surface area contributed by atoms with Gasteiger partial charge >= 0.3 is 6.03 Å². The number of urea groups is 1. The Labute approximate surface area is 199 Å². The van der Waals surface area contributed by atoms with Crippen molar-refractivity contribution in [3.63, 3.8) is 0 Å². The minimum absolute atomic E-state index is 0.0450. The Balaban J connectivity index is 1.64. The van der Waals surface area contributed by atoms with Gasteiger partial charge in [-0.1, -0.05) is 78.9 Å². The topological polar surface area (TPSA) is 65.0 Å². The maximum absolute atomic E-state index is 13.4. The fourth-order valence-electron chi connectivity index (χ4n) is 3.85. The molecule has 33 heavy (non-hydrogen) atoms. The molecule has 0 saturated carbocycles. The highest BCUT2D eigenvalue weighted by Crippen LogP contribution is 2.28. The number of benzodiazepines with no additional fused rings is 1. The quantitative estimate of drug-likeness (QED) is 0.434. The highest BCUT2D eigenvalue weighted by atomic mass is 32.1. The number of amides is 3. The molecule has 7 heteroatoms. The van der Waals surface area contributed by atoms with E-state index in [9.17, 15) is 9.59 Å². The Kier molecular flexibility index (Phi) is 7.10. The minimum Gasteiger partial charge on any atom is -0.338 e. The fraction of sp³-hybridized carbons (Fsp3) is 0.192. The van der Waals surface area contributed by atoms with Gasteiger partial charge in [-0.25, -0.2) is 9.79 Å². The van der Waals surface area contributed by atoms with Gasteiger partial charge in [0.05, 0.1) is 17.3 Å². The number of hydrogen-bond acceptors (Lipinski definition) is 4. The van der Waals surface area contributed by atoms with E-state index in [4.69, 9.17) is 4.99 Å². The van der Waals surface area contributed by atoms with Crippen molar-refractivity contribution < 1.29 is 9.59 Å². The van der Waals surface area contributed by atoms with Gasteiger partial charge < -0.3 is 10.2 Å². The van der Waals surface area contributed by atoms with Gasteiger partial charge in [-0.15, -0.1) is 0 Å². The number of likely N-dealkylation sites (N-methyl/N-ethyl adjacent to an activating group) is 1. The number of thiol groups is 1. The third kappa shape index (κ3) is 4.93. The van der Waals surface area contributed by atoms with Crippen molar-refractivity contribution in [1.82, 2.24) is 10.2 Å². The second kappa shape index (κ2) is 10.4. The molecule has 3 aromatic rings. The predicted octanol–water partition coefficient (Wildman–Crippen LogP) is 3.97. The van der Waals surface area contributed by atoms with Crippen molar-refractivity contribution in [2.45, 2.75) is 12.6 Å². The lowest BCUT2D eigenvalue weighted by Gasteiger charge is -2.29. The molecule has 0 aliphatic carbocycles. The number of para-hydroxylation sites is 1. The van der Waals surface area contributed by atoms with Crippen LogP contribution < -0.4 is 10.2 Å². The van der Waals surface area contributed by atoms with Crippen molar-refractivity contribution in [3.05, 3.63) is 102 Å². The van der Waals surface area contributed by atoms with Gasteiger partial charge in [-0.05, 0) is 18.1 Å². The van der Waals surface area contributed by atoms with E-state index in [0.29, 0.717) is 18.7 Å². The average Bonchev–Trinajstić information content (AvgIpc) is 2.96. The molecular formula is C26H26N4O2S. The molecule has 1 heterocycles. The molecule has 1 aliphatic rings. The molecule has 0 saturated heterocycles. The van der Waals surface area contributed by atoms with Crippen LogP contribution in [0.4, 0.5) is 10.5 Å². The molecular weight excluding hydrogens is 432 g/mol. The molecule has 0 fully saturated rings. The summed E-state index contributed by atoms with van der Waals surface area (Å²) in [6, 6.07) is 26.9. The molecule has 6 nitrogen and oxygen atoms in total. The Morgan fingerprint density at radius 3 is 2.33 bits per heavy atom. The molecule has 4 rings (SSSR count). The fourth-order valence-corrected chi connectivity index (χ4v) is 4.13. The Morgan fingerprint density at radius 2 is 1.64 bits per heavy atom. The minimum atomic E-state index is -1.04. The van der Waals surface area contributed by atoms with Crippen LogP contribution in [0.5, 0.6) is 0 Å². The van der Waals surface area contributed by atoms with Crippen LogP contribution in [0.25, 0.3) is 0 Å². The smallest absolute Gasteiger partial charge is 0.320 e. The zero-order chi connectivity index (χ0) is 23.2. The summed E-state index contributed by atoms with van der Waals surface area (Å²) in [7, 11) is 1.71. The summed E-state index contributed by atoms with van der Waals surface area (Å²) >= 11 is 4.37. The SMILES string of the molecule is CN1C(=O)C(N(CS)C(=O)NCCc2ccccc2)N=C(c2ccccc2)c2ccccc21. The van der Waals surface area contributed by atoms with Crippen molar-refractivity contribution in [3.8, 4) is 0 Å². The summed E-state index contributed by atoms with van der Waals surface area (Å²) in [5.41, 5.74) is 4.25. The van der Waals surface area contributed by atoms with E-state index in [2.05, 4.69) is 17.9 Å². The zero-order valence-electron chi connectivity index (χ0n) is 18.4. The number of rotatable bonds is 6. The number of benzene rings is 3. The molecule has 0 bridgehead atoms. The Hall–Kier alpha value is -3.58. The molecule has 1 aliphatic heterocycles. The lowest BCUT2D eigenvalue weighted by molar-refractivity contribution is -0.122. The Bertz CT molecular complexity index is 1150. The van der Waals surface area contributed by atoms with Crippen LogP contribution in [-0.4, -0.2) is 48.2 Å². The zero-order valence-corrected chi connectivity index (χ0v) is 19.3. The third-order valence-corrected chi connectivity index (χ3v) is 5.92. The molecule has 168 valence electrons. The summed E-state index contributed by atoms with van der Waals surface area (Å²) in [6.07, 6.45) is -0.345. The summed E-state index contributed by atoms with van der Waals surface area (Å²) in [4.78, 5) is 34.3.